The first-order valence-electron chi connectivity index (χ1n) is 21.8. The average molecular weight is 801 g/mol. The largest absolute Gasteiger partial charge is 0.310 e. The summed E-state index contributed by atoms with van der Waals surface area (Å²) in [5.74, 6) is 0. The van der Waals surface area contributed by atoms with Gasteiger partial charge in [-0.1, -0.05) is 170 Å². The molecule has 0 amide bonds. The predicted molar refractivity (Wildman–Crippen MR) is 263 cm³/mol. The summed E-state index contributed by atoms with van der Waals surface area (Å²) in [4.78, 5) is 2.41. The first-order chi connectivity index (χ1) is 31.3. The summed E-state index contributed by atoms with van der Waals surface area (Å²) >= 11 is 0. The van der Waals surface area contributed by atoms with Gasteiger partial charge in [-0.05, 0) is 140 Å². The van der Waals surface area contributed by atoms with Crippen molar-refractivity contribution in [3.8, 4) is 50.2 Å². The minimum Gasteiger partial charge on any atom is -0.310 e. The molecule has 0 unspecified atom stereocenters. The molecule has 1 aromatic heterocycles. The van der Waals surface area contributed by atoms with Crippen LogP contribution in [0.1, 0.15) is 22.3 Å². The van der Waals surface area contributed by atoms with Crippen LogP contribution in [0, 0.1) is 0 Å². The second-order valence-electron chi connectivity index (χ2n) is 16.8. The summed E-state index contributed by atoms with van der Waals surface area (Å²) in [5, 5.41) is 2.48. The lowest BCUT2D eigenvalue weighted by atomic mass is 9.70. The molecule has 2 nitrogen and oxygen atoms in total. The second-order valence-corrected chi connectivity index (χ2v) is 16.8. The van der Waals surface area contributed by atoms with E-state index < -0.39 is 5.41 Å². The Kier molecular flexibility index (Phi) is 7.85. The highest BCUT2D eigenvalue weighted by molar-refractivity contribution is 6.11. The quantitative estimate of drug-likeness (QED) is 0.163. The van der Waals surface area contributed by atoms with Gasteiger partial charge in [0.25, 0.3) is 0 Å². The molecule has 10 aromatic carbocycles. The molecule has 0 saturated carbocycles. The van der Waals surface area contributed by atoms with Gasteiger partial charge < -0.3 is 9.47 Å². The third-order valence-electron chi connectivity index (χ3n) is 13.6. The Morgan fingerprint density at radius 3 is 1.21 bits per heavy atom. The minimum absolute atomic E-state index is 0.418. The fourth-order valence-electron chi connectivity index (χ4n) is 10.9. The van der Waals surface area contributed by atoms with Gasteiger partial charge in [-0.15, -0.1) is 0 Å². The highest BCUT2D eigenvalue weighted by atomic mass is 15.1. The van der Waals surface area contributed by atoms with Crippen LogP contribution < -0.4 is 4.90 Å². The number of para-hydroxylation sites is 1. The lowest BCUT2D eigenvalue weighted by molar-refractivity contribution is 0.793. The number of nitrogens with zero attached hydrogens (tertiary/aromatic N) is 2. The van der Waals surface area contributed by atoms with Gasteiger partial charge in [-0.3, -0.25) is 0 Å². The van der Waals surface area contributed by atoms with E-state index in [-0.39, 0.29) is 0 Å². The van der Waals surface area contributed by atoms with Crippen LogP contribution in [0.25, 0.3) is 72.0 Å². The fourth-order valence-corrected chi connectivity index (χ4v) is 10.9. The zero-order valence-corrected chi connectivity index (χ0v) is 34.5. The van der Waals surface area contributed by atoms with Gasteiger partial charge in [-0.2, -0.15) is 0 Å². The Labute approximate surface area is 367 Å². The van der Waals surface area contributed by atoms with Gasteiger partial charge in [0.2, 0.25) is 0 Å². The molecule has 0 radical (unpaired) electrons. The Morgan fingerprint density at radius 2 is 0.698 bits per heavy atom. The lowest BCUT2D eigenvalue weighted by Gasteiger charge is -2.32. The summed E-state index contributed by atoms with van der Waals surface area (Å²) in [5.41, 5.74) is 21.9. The van der Waals surface area contributed by atoms with Crippen molar-refractivity contribution < 1.29 is 0 Å². The van der Waals surface area contributed by atoms with E-state index in [9.17, 15) is 0 Å². The van der Waals surface area contributed by atoms with Crippen molar-refractivity contribution in [3.63, 3.8) is 0 Å². The van der Waals surface area contributed by atoms with Crippen LogP contribution in [0.4, 0.5) is 17.1 Å². The van der Waals surface area contributed by atoms with Crippen LogP contribution in [0.3, 0.4) is 0 Å². The van der Waals surface area contributed by atoms with E-state index in [1.807, 2.05) is 0 Å². The van der Waals surface area contributed by atoms with Crippen molar-refractivity contribution in [2.45, 2.75) is 5.41 Å². The molecule has 11 aromatic rings. The molecule has 0 saturated heterocycles. The van der Waals surface area contributed by atoms with Crippen molar-refractivity contribution in [1.29, 1.82) is 0 Å². The van der Waals surface area contributed by atoms with Gasteiger partial charge in [0, 0.05) is 33.5 Å². The SMILES string of the molecule is c1ccc(-c2ccc3c(c2)c2cc(-c4ccccc4)ccc2n3-c2ccc(N(c3ccccc3)c3ccc4c(c3)C3(c5ccccc5-c5ccccc53)c3ccccc3-4)cc2)cc1. The normalized spacial score (nSPS) is 12.9. The summed E-state index contributed by atoms with van der Waals surface area (Å²) in [6, 6.07) is 89.4. The molecule has 2 heteroatoms. The van der Waals surface area contributed by atoms with Crippen LogP contribution in [0.5, 0.6) is 0 Å². The number of hydrogen-bond donors (Lipinski definition) is 0. The molecule has 0 fully saturated rings. The standard InChI is InChI=1S/C61H40N2/c1-4-16-41(17-5-1)43-28-36-59-53(38-43)54-39-44(42-18-6-2-7-19-42)29-37-60(54)63(59)47-32-30-46(31-33-47)62(45-20-8-3-9-21-45)48-34-35-52-51-24-12-15-27-57(51)61(58(52)40-48)55-25-13-10-22-49(55)50-23-11-14-26-56(50)61/h1-40H. The molecule has 1 spiro atoms. The zero-order chi connectivity index (χ0) is 41.5. The first-order valence-corrected chi connectivity index (χ1v) is 21.8. The van der Waals surface area contributed by atoms with Crippen molar-refractivity contribution >= 4 is 38.9 Å². The number of fused-ring (bicyclic) bond motifs is 13. The molecule has 0 atom stereocenters. The summed E-state index contributed by atoms with van der Waals surface area (Å²) in [6.45, 7) is 0. The summed E-state index contributed by atoms with van der Waals surface area (Å²) in [7, 11) is 0. The van der Waals surface area contributed by atoms with E-state index in [2.05, 4.69) is 252 Å². The molecule has 0 N–H and O–H groups in total. The molecule has 2 aliphatic carbocycles. The summed E-state index contributed by atoms with van der Waals surface area (Å²) < 4.78 is 2.43. The highest BCUT2D eigenvalue weighted by Gasteiger charge is 2.51. The number of aromatic nitrogens is 1. The van der Waals surface area contributed by atoms with E-state index in [1.165, 1.54) is 88.6 Å². The molecule has 13 rings (SSSR count). The van der Waals surface area contributed by atoms with Gasteiger partial charge in [0.05, 0.1) is 16.4 Å². The Balaban J connectivity index is 0.977. The second kappa shape index (κ2) is 13.9. The number of hydrogen-bond acceptors (Lipinski definition) is 1. The number of anilines is 3. The smallest absolute Gasteiger partial charge is 0.0726 e. The van der Waals surface area contributed by atoms with Crippen LogP contribution in [0.15, 0.2) is 243 Å². The molecule has 0 bridgehead atoms. The minimum atomic E-state index is -0.418. The monoisotopic (exact) mass is 800 g/mol. The van der Waals surface area contributed by atoms with Gasteiger partial charge >= 0.3 is 0 Å². The van der Waals surface area contributed by atoms with Gasteiger partial charge in [0.1, 0.15) is 0 Å². The van der Waals surface area contributed by atoms with Crippen LogP contribution in [-0.4, -0.2) is 4.57 Å². The lowest BCUT2D eigenvalue weighted by Crippen LogP contribution is -2.26. The first kappa shape index (κ1) is 35.5. The maximum Gasteiger partial charge on any atom is 0.0726 e. The molecular weight excluding hydrogens is 761 g/mol. The zero-order valence-electron chi connectivity index (χ0n) is 34.5. The maximum atomic E-state index is 2.47. The van der Waals surface area contributed by atoms with Gasteiger partial charge in [-0.25, -0.2) is 0 Å². The predicted octanol–water partition coefficient (Wildman–Crippen LogP) is 15.9. The fraction of sp³-hybridized carbons (Fsp3) is 0.0164. The molecule has 1 heterocycles. The number of benzene rings is 10. The maximum absolute atomic E-state index is 2.47. The Morgan fingerprint density at radius 1 is 0.286 bits per heavy atom. The van der Waals surface area contributed by atoms with Crippen LogP contribution in [0.2, 0.25) is 0 Å². The average Bonchev–Trinajstić information content (AvgIpc) is 3.96. The van der Waals surface area contributed by atoms with Crippen LogP contribution in [-0.2, 0) is 5.41 Å². The summed E-state index contributed by atoms with van der Waals surface area (Å²) in [6.07, 6.45) is 0. The van der Waals surface area contributed by atoms with E-state index in [4.69, 9.17) is 0 Å². The van der Waals surface area contributed by atoms with Crippen molar-refractivity contribution in [1.82, 2.24) is 4.57 Å². The molecular formula is C61H40N2. The molecule has 294 valence electrons. The van der Waals surface area contributed by atoms with E-state index >= 15 is 0 Å². The van der Waals surface area contributed by atoms with Crippen LogP contribution >= 0.6 is 0 Å². The Bertz CT molecular complexity index is 3390. The molecule has 2 aliphatic rings. The Hall–Kier alpha value is -8.20. The number of rotatable bonds is 6. The molecule has 0 aliphatic heterocycles. The van der Waals surface area contributed by atoms with E-state index in [0.29, 0.717) is 0 Å². The highest BCUT2D eigenvalue weighted by Crippen LogP contribution is 2.63. The van der Waals surface area contributed by atoms with E-state index in [1.54, 1.807) is 0 Å². The van der Waals surface area contributed by atoms with Gasteiger partial charge in [0.15, 0.2) is 0 Å². The topological polar surface area (TPSA) is 8.17 Å². The van der Waals surface area contributed by atoms with Crippen molar-refractivity contribution in [3.05, 3.63) is 265 Å². The van der Waals surface area contributed by atoms with E-state index in [0.717, 1.165) is 22.7 Å². The third-order valence-corrected chi connectivity index (χ3v) is 13.6. The van der Waals surface area contributed by atoms with Crippen molar-refractivity contribution in [2.24, 2.45) is 0 Å². The molecule has 63 heavy (non-hydrogen) atoms. The third kappa shape index (κ3) is 5.25. The van der Waals surface area contributed by atoms with Crippen molar-refractivity contribution in [2.75, 3.05) is 4.90 Å².